The molecule has 244 valence electrons. The Labute approximate surface area is 295 Å². The Morgan fingerprint density at radius 2 is 1.31 bits per heavy atom. The summed E-state index contributed by atoms with van der Waals surface area (Å²) in [4.78, 5) is 0. The zero-order valence-electron chi connectivity index (χ0n) is 27.9. The molecule has 0 bridgehead atoms. The molecule has 1 aliphatic heterocycles. The van der Waals surface area contributed by atoms with Crippen LogP contribution in [-0.2, 0) is 13.0 Å². The van der Waals surface area contributed by atoms with E-state index in [-0.39, 0.29) is 12.2 Å². The number of anilines is 1. The number of nitrogens with one attached hydrogen (secondary N) is 2. The van der Waals surface area contributed by atoms with Gasteiger partial charge in [-0.3, -0.25) is 5.32 Å². The molecule has 6 aromatic carbocycles. The van der Waals surface area contributed by atoms with Gasteiger partial charge in [-0.15, -0.1) is 0 Å². The number of fused-ring (bicyclic) bond motifs is 9. The van der Waals surface area contributed by atoms with Crippen molar-refractivity contribution in [1.29, 1.82) is 0 Å². The van der Waals surface area contributed by atoms with Gasteiger partial charge in [0.2, 0.25) is 0 Å². The number of nitrogens with zero attached hydrogens (tertiary/aromatic N) is 2. The van der Waals surface area contributed by atoms with Gasteiger partial charge in [-0.2, -0.15) is 0 Å². The quantitative estimate of drug-likeness (QED) is 0.198. The van der Waals surface area contributed by atoms with Gasteiger partial charge in [0, 0.05) is 38.8 Å². The summed E-state index contributed by atoms with van der Waals surface area (Å²) in [6.45, 7) is 0.667. The lowest BCUT2D eigenvalue weighted by Gasteiger charge is -2.29. The van der Waals surface area contributed by atoms with E-state index in [9.17, 15) is 0 Å². The zero-order valence-corrected chi connectivity index (χ0v) is 27.9. The lowest BCUT2D eigenvalue weighted by molar-refractivity contribution is 0.402. The maximum atomic E-state index is 6.17. The Kier molecular flexibility index (Phi) is 6.21. The smallest absolute Gasteiger partial charge is 0.160 e. The van der Waals surface area contributed by atoms with Crippen LogP contribution in [0.2, 0.25) is 0 Å². The van der Waals surface area contributed by atoms with E-state index in [1.807, 2.05) is 12.1 Å². The molecule has 11 rings (SSSR count). The molecule has 0 fully saturated rings. The average Bonchev–Trinajstić information content (AvgIpc) is 3.85. The fourth-order valence-corrected chi connectivity index (χ4v) is 8.59. The van der Waals surface area contributed by atoms with Crippen LogP contribution in [0.5, 0.6) is 0 Å². The van der Waals surface area contributed by atoms with Crippen LogP contribution in [0, 0.1) is 0 Å². The maximum Gasteiger partial charge on any atom is 0.160 e. The first-order valence-corrected chi connectivity index (χ1v) is 17.8. The fraction of sp³-hybridized carbons (Fsp3) is 0.0870. The fourth-order valence-electron chi connectivity index (χ4n) is 8.59. The molecule has 4 heterocycles. The van der Waals surface area contributed by atoms with Gasteiger partial charge in [-0.05, 0) is 83.3 Å². The summed E-state index contributed by atoms with van der Waals surface area (Å²) in [6, 6.07) is 52.5. The summed E-state index contributed by atoms with van der Waals surface area (Å²) in [5.74, 6) is 1.22. The second kappa shape index (κ2) is 11.1. The Hall–Kier alpha value is -6.30. The van der Waals surface area contributed by atoms with Gasteiger partial charge in [-0.1, -0.05) is 103 Å². The Morgan fingerprint density at radius 1 is 0.608 bits per heavy atom. The Morgan fingerprint density at radius 3 is 2.18 bits per heavy atom. The lowest BCUT2D eigenvalue weighted by atomic mass is 9.86. The highest BCUT2D eigenvalue weighted by molar-refractivity contribution is 6.09. The minimum Gasteiger partial charge on any atom is -0.457 e. The third kappa shape index (κ3) is 4.38. The summed E-state index contributed by atoms with van der Waals surface area (Å²) < 4.78 is 11.0. The van der Waals surface area contributed by atoms with Crippen molar-refractivity contribution >= 4 is 55.4 Å². The number of allylic oxidation sites excluding steroid dienone is 1. The molecule has 0 spiro atoms. The second-order valence-electron chi connectivity index (χ2n) is 13.8. The Balaban J connectivity index is 0.972. The SMILES string of the molecule is C1=CC(c2ccc3c(c2)c2ccccc2n3-c2ccc(-c3ccccc3)cc2)Cc2c1n(C1NCc3oc4ccccc4c3N1)c1ccccc21. The van der Waals surface area contributed by atoms with Crippen LogP contribution in [0.25, 0.3) is 66.6 Å². The van der Waals surface area contributed by atoms with E-state index < -0.39 is 0 Å². The molecule has 51 heavy (non-hydrogen) atoms. The number of benzene rings is 6. The van der Waals surface area contributed by atoms with Gasteiger partial charge in [0.15, 0.2) is 6.29 Å². The third-order valence-electron chi connectivity index (χ3n) is 11.0. The van der Waals surface area contributed by atoms with E-state index in [1.54, 1.807) is 0 Å². The summed E-state index contributed by atoms with van der Waals surface area (Å²) in [5.41, 5.74) is 13.3. The predicted octanol–water partition coefficient (Wildman–Crippen LogP) is 11.2. The third-order valence-corrected chi connectivity index (χ3v) is 11.0. The van der Waals surface area contributed by atoms with Crippen molar-refractivity contribution in [3.8, 4) is 16.8 Å². The molecule has 2 N–H and O–H groups in total. The molecule has 0 saturated carbocycles. The molecule has 3 aromatic heterocycles. The van der Waals surface area contributed by atoms with Gasteiger partial charge < -0.3 is 18.9 Å². The summed E-state index contributed by atoms with van der Waals surface area (Å²) in [6.07, 6.45) is 5.59. The van der Waals surface area contributed by atoms with Crippen molar-refractivity contribution < 1.29 is 4.42 Å². The number of para-hydroxylation sites is 3. The molecule has 2 aliphatic rings. The summed E-state index contributed by atoms with van der Waals surface area (Å²) in [7, 11) is 0. The number of hydrogen-bond acceptors (Lipinski definition) is 3. The van der Waals surface area contributed by atoms with Crippen molar-refractivity contribution in [3.63, 3.8) is 0 Å². The van der Waals surface area contributed by atoms with E-state index in [0.717, 1.165) is 28.8 Å². The van der Waals surface area contributed by atoms with Crippen LogP contribution in [0.15, 0.2) is 156 Å². The number of furan rings is 1. The van der Waals surface area contributed by atoms with Crippen LogP contribution in [0.1, 0.15) is 34.8 Å². The van der Waals surface area contributed by atoms with E-state index in [1.165, 1.54) is 66.3 Å². The van der Waals surface area contributed by atoms with Gasteiger partial charge in [-0.25, -0.2) is 0 Å². The molecule has 5 heteroatoms. The van der Waals surface area contributed by atoms with Crippen LogP contribution < -0.4 is 10.6 Å². The van der Waals surface area contributed by atoms with Crippen LogP contribution >= 0.6 is 0 Å². The molecule has 0 amide bonds. The predicted molar refractivity (Wildman–Crippen MR) is 209 cm³/mol. The highest BCUT2D eigenvalue weighted by Gasteiger charge is 2.30. The monoisotopic (exact) mass is 658 g/mol. The molecule has 2 atom stereocenters. The van der Waals surface area contributed by atoms with Crippen LogP contribution in [0.3, 0.4) is 0 Å². The molecule has 9 aromatic rings. The maximum absolute atomic E-state index is 6.17. The number of rotatable bonds is 4. The normalized spacial score (nSPS) is 16.9. The molecular formula is C46H34N4O. The van der Waals surface area contributed by atoms with Gasteiger partial charge >= 0.3 is 0 Å². The lowest BCUT2D eigenvalue weighted by Crippen LogP contribution is -2.37. The topological polar surface area (TPSA) is 47.1 Å². The first-order chi connectivity index (χ1) is 25.3. The second-order valence-corrected chi connectivity index (χ2v) is 13.8. The molecule has 0 saturated heterocycles. The standard InChI is InChI=1S/C46H34N4O/c1-2-10-29(11-3-1)30-18-22-33(23-19-30)49-39-15-7-4-12-34(39)37-26-31(20-24-41(37)49)32-21-25-42-38(27-32)35-13-5-8-16-40(35)50(42)46-47-28-44-45(48-46)36-14-6-9-17-43(36)51-44/h1-26,32,46-48H,27-28H2. The van der Waals surface area contributed by atoms with Gasteiger partial charge in [0.25, 0.3) is 0 Å². The highest BCUT2D eigenvalue weighted by atomic mass is 16.3. The van der Waals surface area contributed by atoms with Crippen LogP contribution in [0.4, 0.5) is 5.69 Å². The molecule has 2 unspecified atom stereocenters. The van der Waals surface area contributed by atoms with E-state index in [2.05, 4.69) is 165 Å². The van der Waals surface area contributed by atoms with Crippen molar-refractivity contribution in [2.24, 2.45) is 0 Å². The van der Waals surface area contributed by atoms with E-state index in [4.69, 9.17) is 4.42 Å². The molecule has 1 aliphatic carbocycles. The van der Waals surface area contributed by atoms with E-state index in [0.29, 0.717) is 6.54 Å². The van der Waals surface area contributed by atoms with Crippen molar-refractivity contribution in [2.45, 2.75) is 25.2 Å². The molecule has 5 nitrogen and oxygen atoms in total. The average molecular weight is 659 g/mol. The minimum absolute atomic E-state index is 0.0995. The van der Waals surface area contributed by atoms with Crippen LogP contribution in [-0.4, -0.2) is 9.13 Å². The molecular weight excluding hydrogens is 625 g/mol. The molecule has 0 radical (unpaired) electrons. The first-order valence-electron chi connectivity index (χ1n) is 17.8. The summed E-state index contributed by atoms with van der Waals surface area (Å²) >= 11 is 0. The van der Waals surface area contributed by atoms with E-state index >= 15 is 0 Å². The zero-order chi connectivity index (χ0) is 33.5. The first kappa shape index (κ1) is 28.5. The van der Waals surface area contributed by atoms with Crippen molar-refractivity contribution in [1.82, 2.24) is 14.5 Å². The van der Waals surface area contributed by atoms with Gasteiger partial charge in [0.1, 0.15) is 11.3 Å². The number of hydrogen-bond donors (Lipinski definition) is 2. The largest absolute Gasteiger partial charge is 0.457 e. The Bertz CT molecular complexity index is 2820. The minimum atomic E-state index is -0.0995. The highest BCUT2D eigenvalue weighted by Crippen LogP contribution is 2.42. The van der Waals surface area contributed by atoms with Gasteiger partial charge in [0.05, 0.1) is 28.8 Å². The summed E-state index contributed by atoms with van der Waals surface area (Å²) in [5, 5.41) is 12.5. The number of aromatic nitrogens is 2. The van der Waals surface area contributed by atoms with Crippen molar-refractivity contribution in [3.05, 3.63) is 174 Å². The van der Waals surface area contributed by atoms with Crippen molar-refractivity contribution in [2.75, 3.05) is 5.32 Å².